The summed E-state index contributed by atoms with van der Waals surface area (Å²) in [7, 11) is 1.47. The van der Waals surface area contributed by atoms with Gasteiger partial charge in [0.25, 0.3) is 0 Å². The molecule has 3 rings (SSSR count). The topological polar surface area (TPSA) is 88.4 Å². The largest absolute Gasteiger partial charge is 0.494 e. The van der Waals surface area contributed by atoms with Gasteiger partial charge >= 0.3 is 0 Å². The van der Waals surface area contributed by atoms with Crippen LogP contribution in [0.15, 0.2) is 42.5 Å². The van der Waals surface area contributed by atoms with Crippen LogP contribution in [0.2, 0.25) is 5.02 Å². The molecule has 1 aliphatic heterocycles. The molecule has 1 saturated heterocycles. The smallest absolute Gasteiger partial charge is 0.197 e. The third kappa shape index (κ3) is 4.97. The summed E-state index contributed by atoms with van der Waals surface area (Å²) in [6, 6.07) is 13.3. The van der Waals surface area contributed by atoms with Gasteiger partial charge in [-0.15, -0.1) is 0 Å². The number of methoxy groups -OCH3 is 1. The molecule has 0 saturated carbocycles. The highest BCUT2D eigenvalue weighted by atomic mass is 35.5. The van der Waals surface area contributed by atoms with Gasteiger partial charge in [-0.05, 0) is 48.2 Å². The normalized spacial score (nSPS) is 26.5. The predicted molar refractivity (Wildman–Crippen MR) is 114 cm³/mol. The average Bonchev–Trinajstić information content (AvgIpc) is 2.76. The molecule has 1 fully saturated rings. The van der Waals surface area contributed by atoms with E-state index in [0.29, 0.717) is 23.6 Å². The zero-order valence-corrected chi connectivity index (χ0v) is 18.0. The SMILES string of the molecule is CCCOc1ccc(Cc2cc(C3(OC)CC(O)[C@H](O)C(CO)O3)ccc2Cl)cc1. The van der Waals surface area contributed by atoms with Gasteiger partial charge in [-0.3, -0.25) is 0 Å². The fourth-order valence-electron chi connectivity index (χ4n) is 3.68. The molecule has 0 spiro atoms. The first-order valence-electron chi connectivity index (χ1n) is 10.1. The number of hydrogen-bond donors (Lipinski definition) is 3. The molecular formula is C23H29ClO6. The maximum atomic E-state index is 10.3. The lowest BCUT2D eigenvalue weighted by molar-refractivity contribution is -0.323. The van der Waals surface area contributed by atoms with Gasteiger partial charge in [0.05, 0.1) is 19.3 Å². The number of halogens is 1. The molecule has 1 heterocycles. The molecular weight excluding hydrogens is 408 g/mol. The molecule has 4 atom stereocenters. The molecule has 30 heavy (non-hydrogen) atoms. The van der Waals surface area contributed by atoms with Crippen molar-refractivity contribution < 1.29 is 29.5 Å². The molecule has 2 aromatic carbocycles. The molecule has 1 aliphatic rings. The summed E-state index contributed by atoms with van der Waals surface area (Å²) in [5.41, 5.74) is 2.60. The van der Waals surface area contributed by atoms with Crippen LogP contribution in [0, 0.1) is 0 Å². The van der Waals surface area contributed by atoms with Gasteiger partial charge in [-0.2, -0.15) is 0 Å². The fraction of sp³-hybridized carbons (Fsp3) is 0.478. The van der Waals surface area contributed by atoms with Crippen molar-refractivity contribution in [2.45, 2.75) is 50.3 Å². The van der Waals surface area contributed by atoms with Crippen molar-refractivity contribution in [3.05, 3.63) is 64.2 Å². The van der Waals surface area contributed by atoms with Crippen molar-refractivity contribution in [3.8, 4) is 5.75 Å². The van der Waals surface area contributed by atoms with Crippen molar-refractivity contribution in [1.82, 2.24) is 0 Å². The van der Waals surface area contributed by atoms with E-state index in [4.69, 9.17) is 25.8 Å². The lowest BCUT2D eigenvalue weighted by atomic mass is 9.89. The molecule has 2 aromatic rings. The van der Waals surface area contributed by atoms with E-state index in [9.17, 15) is 15.3 Å². The van der Waals surface area contributed by atoms with E-state index in [2.05, 4.69) is 6.92 Å². The standard InChI is InChI=1S/C23H29ClO6/c1-3-10-29-18-7-4-15(5-8-18)11-16-12-17(6-9-19(16)24)23(28-2)13-20(26)22(27)21(14-25)30-23/h4-9,12,20-22,25-27H,3,10-11,13-14H2,1-2H3/t20?,21?,22-,23?/m0/s1. The third-order valence-electron chi connectivity index (χ3n) is 5.38. The van der Waals surface area contributed by atoms with Gasteiger partial charge in [0.2, 0.25) is 0 Å². The number of benzene rings is 2. The Morgan fingerprint density at radius 2 is 1.90 bits per heavy atom. The van der Waals surface area contributed by atoms with Gasteiger partial charge < -0.3 is 29.5 Å². The maximum Gasteiger partial charge on any atom is 0.197 e. The summed E-state index contributed by atoms with van der Waals surface area (Å²) in [5, 5.41) is 30.5. The first kappa shape index (κ1) is 23.0. The Hall–Kier alpha value is -1.67. The van der Waals surface area contributed by atoms with Gasteiger partial charge in [0, 0.05) is 24.1 Å². The van der Waals surface area contributed by atoms with E-state index >= 15 is 0 Å². The molecule has 0 bridgehead atoms. The van der Waals surface area contributed by atoms with Crippen molar-refractivity contribution in [2.24, 2.45) is 0 Å². The second kappa shape index (κ2) is 10.1. The second-order valence-corrected chi connectivity index (χ2v) is 7.94. The fourth-order valence-corrected chi connectivity index (χ4v) is 3.86. The minimum Gasteiger partial charge on any atom is -0.494 e. The van der Waals surface area contributed by atoms with Crippen molar-refractivity contribution >= 4 is 11.6 Å². The molecule has 0 aliphatic carbocycles. The van der Waals surface area contributed by atoms with Gasteiger partial charge in [-0.25, -0.2) is 0 Å². The molecule has 3 unspecified atom stereocenters. The molecule has 164 valence electrons. The predicted octanol–water partition coefficient (Wildman–Crippen LogP) is 3.02. The molecule has 7 heteroatoms. The number of aliphatic hydroxyl groups is 3. The minimum absolute atomic E-state index is 0.0334. The van der Waals surface area contributed by atoms with E-state index in [1.165, 1.54) is 7.11 Å². The summed E-state index contributed by atoms with van der Waals surface area (Å²) < 4.78 is 17.2. The molecule has 0 amide bonds. The highest BCUT2D eigenvalue weighted by Gasteiger charge is 2.47. The van der Waals surface area contributed by atoms with Gasteiger partial charge in [0.15, 0.2) is 5.79 Å². The van der Waals surface area contributed by atoms with Crippen LogP contribution in [0.5, 0.6) is 5.75 Å². The lowest BCUT2D eigenvalue weighted by Crippen LogP contribution is -2.55. The van der Waals surface area contributed by atoms with E-state index in [1.54, 1.807) is 12.1 Å². The first-order valence-corrected chi connectivity index (χ1v) is 10.5. The van der Waals surface area contributed by atoms with Crippen LogP contribution in [0.4, 0.5) is 0 Å². The summed E-state index contributed by atoms with van der Waals surface area (Å²) >= 11 is 6.45. The van der Waals surface area contributed by atoms with Crippen LogP contribution in [-0.2, 0) is 21.7 Å². The highest BCUT2D eigenvalue weighted by Crippen LogP contribution is 2.40. The monoisotopic (exact) mass is 436 g/mol. The molecule has 6 nitrogen and oxygen atoms in total. The van der Waals surface area contributed by atoms with Crippen molar-refractivity contribution in [2.75, 3.05) is 20.3 Å². The van der Waals surface area contributed by atoms with Crippen LogP contribution >= 0.6 is 11.6 Å². The summed E-state index contributed by atoms with van der Waals surface area (Å²) in [5.74, 6) is -0.458. The van der Waals surface area contributed by atoms with Crippen molar-refractivity contribution in [1.29, 1.82) is 0 Å². The quantitative estimate of drug-likeness (QED) is 0.589. The Bertz CT molecular complexity index is 827. The number of rotatable bonds is 8. The van der Waals surface area contributed by atoms with E-state index in [1.807, 2.05) is 30.3 Å². The van der Waals surface area contributed by atoms with E-state index < -0.39 is 30.7 Å². The Morgan fingerprint density at radius 1 is 1.17 bits per heavy atom. The first-order chi connectivity index (χ1) is 14.4. The van der Waals surface area contributed by atoms with Crippen molar-refractivity contribution in [3.63, 3.8) is 0 Å². The van der Waals surface area contributed by atoms with E-state index in [-0.39, 0.29) is 6.42 Å². The summed E-state index contributed by atoms with van der Waals surface area (Å²) in [6.45, 7) is 2.31. The third-order valence-corrected chi connectivity index (χ3v) is 5.75. The molecule has 0 radical (unpaired) electrons. The Kier molecular flexibility index (Phi) is 7.74. The van der Waals surface area contributed by atoms with Crippen LogP contribution in [0.25, 0.3) is 0 Å². The molecule has 0 aromatic heterocycles. The Morgan fingerprint density at radius 3 is 2.53 bits per heavy atom. The summed E-state index contributed by atoms with van der Waals surface area (Å²) in [6.07, 6.45) is -1.65. The summed E-state index contributed by atoms with van der Waals surface area (Å²) in [4.78, 5) is 0. The number of ether oxygens (including phenoxy) is 3. The zero-order chi connectivity index (χ0) is 21.7. The molecule has 3 N–H and O–H groups in total. The lowest BCUT2D eigenvalue weighted by Gasteiger charge is -2.44. The minimum atomic E-state index is -1.29. The van der Waals surface area contributed by atoms with Crippen LogP contribution in [0.3, 0.4) is 0 Å². The highest BCUT2D eigenvalue weighted by molar-refractivity contribution is 6.31. The Labute approximate surface area is 182 Å². The van der Waals surface area contributed by atoms with Crippen LogP contribution in [-0.4, -0.2) is 54.0 Å². The average molecular weight is 437 g/mol. The Balaban J connectivity index is 1.85. The van der Waals surface area contributed by atoms with Crippen LogP contribution in [0.1, 0.15) is 36.5 Å². The van der Waals surface area contributed by atoms with Crippen LogP contribution < -0.4 is 4.74 Å². The number of aliphatic hydroxyl groups excluding tert-OH is 3. The second-order valence-electron chi connectivity index (χ2n) is 7.53. The van der Waals surface area contributed by atoms with E-state index in [0.717, 1.165) is 23.3 Å². The van der Waals surface area contributed by atoms with Gasteiger partial charge in [0.1, 0.15) is 18.0 Å². The number of hydrogen-bond acceptors (Lipinski definition) is 6. The zero-order valence-electron chi connectivity index (χ0n) is 17.3. The maximum absolute atomic E-state index is 10.3. The van der Waals surface area contributed by atoms with Gasteiger partial charge in [-0.1, -0.05) is 36.7 Å².